The van der Waals surface area contributed by atoms with E-state index in [1.54, 1.807) is 6.92 Å². The molecule has 11 heavy (non-hydrogen) atoms. The molecule has 0 fully saturated rings. The van der Waals surface area contributed by atoms with Gasteiger partial charge in [0.25, 0.3) is 0 Å². The van der Waals surface area contributed by atoms with E-state index in [1.165, 1.54) is 0 Å². The molecule has 3 nitrogen and oxygen atoms in total. The zero-order valence-corrected chi connectivity index (χ0v) is 8.47. The highest BCUT2D eigenvalue weighted by Crippen LogP contribution is 2.00. The molecule has 2 atom stereocenters. The number of hydrogen-bond acceptors (Lipinski definition) is 3. The van der Waals surface area contributed by atoms with Gasteiger partial charge in [0.05, 0.1) is 6.10 Å². The van der Waals surface area contributed by atoms with Gasteiger partial charge < -0.3 is 4.74 Å². The molecule has 0 heterocycles. The number of esters is 1. The first-order valence-corrected chi connectivity index (χ1v) is 5.20. The number of carbonyl (C=O) groups is 1. The lowest BCUT2D eigenvalue weighted by atomic mass is 10.4. The topological polar surface area (TPSA) is 38.3 Å². The fourth-order valence-corrected chi connectivity index (χ4v) is 1.16. The molecule has 0 aliphatic rings. The van der Waals surface area contributed by atoms with Crippen molar-refractivity contribution in [3.8, 4) is 0 Å². The van der Waals surface area contributed by atoms with Crippen LogP contribution in [0.1, 0.15) is 20.8 Å². The molecular weight excluding hydrogens is 161 g/mol. The largest absolute Gasteiger partial charge is 0.462 e. The summed E-state index contributed by atoms with van der Waals surface area (Å²) in [6.07, 6.45) is -0.0214. The van der Waals surface area contributed by atoms with Gasteiger partial charge in [-0.25, -0.2) is 0 Å². The van der Waals surface area contributed by atoms with E-state index in [0.29, 0.717) is 8.73 Å². The number of nitrogens with one attached hydrogen (secondary N) is 1. The quantitative estimate of drug-likeness (QED) is 0.517. The molecule has 0 saturated carbocycles. The van der Waals surface area contributed by atoms with Crippen LogP contribution in [-0.4, -0.2) is 24.8 Å². The Bertz CT molecular complexity index is 128. The van der Waals surface area contributed by atoms with Crippen molar-refractivity contribution in [2.24, 2.45) is 0 Å². The Morgan fingerprint density at radius 1 is 1.45 bits per heavy atom. The van der Waals surface area contributed by atoms with Crippen molar-refractivity contribution in [1.82, 2.24) is 5.09 Å². The predicted octanol–water partition coefficient (Wildman–Crippen LogP) is 1.14. The van der Waals surface area contributed by atoms with Gasteiger partial charge in [-0.2, -0.15) is 0 Å². The Morgan fingerprint density at radius 3 is 2.36 bits per heavy atom. The predicted molar refractivity (Wildman–Crippen MR) is 48.1 cm³/mol. The molecule has 0 spiro atoms. The molecule has 0 aliphatic carbocycles. The van der Waals surface area contributed by atoms with E-state index in [2.05, 4.69) is 5.09 Å². The first kappa shape index (κ1) is 10.9. The van der Waals surface area contributed by atoms with Crippen LogP contribution >= 0.6 is 8.73 Å². The highest BCUT2D eigenvalue weighted by Gasteiger charge is 2.13. The lowest BCUT2D eigenvalue weighted by Gasteiger charge is -2.13. The molecular formula is C7H16NO2P. The van der Waals surface area contributed by atoms with Crippen LogP contribution in [0.4, 0.5) is 0 Å². The minimum atomic E-state index is -0.180. The Kier molecular flexibility index (Phi) is 5.43. The fourth-order valence-electron chi connectivity index (χ4n) is 0.610. The van der Waals surface area contributed by atoms with Gasteiger partial charge in [-0.3, -0.25) is 9.88 Å². The van der Waals surface area contributed by atoms with Crippen LogP contribution < -0.4 is 5.09 Å². The van der Waals surface area contributed by atoms with Crippen molar-refractivity contribution in [2.45, 2.75) is 32.9 Å². The molecule has 4 heteroatoms. The van der Waals surface area contributed by atoms with Crippen LogP contribution in [0.25, 0.3) is 0 Å². The molecule has 0 saturated heterocycles. The summed E-state index contributed by atoms with van der Waals surface area (Å²) in [4.78, 5) is 11.1. The summed E-state index contributed by atoms with van der Waals surface area (Å²) in [5.41, 5.74) is 0. The van der Waals surface area contributed by atoms with Crippen LogP contribution in [0.5, 0.6) is 0 Å². The molecule has 0 aromatic carbocycles. The summed E-state index contributed by atoms with van der Waals surface area (Å²) in [6, 6.07) is -0.180. The van der Waals surface area contributed by atoms with Gasteiger partial charge in [-0.15, -0.1) is 0 Å². The minimum absolute atomic E-state index is 0.0214. The summed E-state index contributed by atoms with van der Waals surface area (Å²) in [7, 11) is 0.577. The number of ether oxygens (including phenoxy) is 1. The second kappa shape index (κ2) is 5.50. The number of rotatable bonds is 4. The maximum atomic E-state index is 11.1. The molecule has 2 unspecified atom stereocenters. The Balaban J connectivity index is 3.64. The monoisotopic (exact) mass is 177 g/mol. The Hall–Kier alpha value is -0.140. The average molecular weight is 177 g/mol. The van der Waals surface area contributed by atoms with Crippen molar-refractivity contribution in [1.29, 1.82) is 0 Å². The van der Waals surface area contributed by atoms with Gasteiger partial charge in [0.15, 0.2) is 0 Å². The highest BCUT2D eigenvalue weighted by atomic mass is 31.1. The van der Waals surface area contributed by atoms with Gasteiger partial charge in [0.1, 0.15) is 6.04 Å². The maximum Gasteiger partial charge on any atom is 0.323 e. The second-order valence-electron chi connectivity index (χ2n) is 2.60. The van der Waals surface area contributed by atoms with Gasteiger partial charge >= 0.3 is 5.97 Å². The van der Waals surface area contributed by atoms with Crippen LogP contribution in [0.15, 0.2) is 0 Å². The van der Waals surface area contributed by atoms with Gasteiger partial charge in [-0.1, -0.05) is 8.73 Å². The summed E-state index contributed by atoms with van der Waals surface area (Å²) in [6.45, 7) is 7.48. The van der Waals surface area contributed by atoms with E-state index in [4.69, 9.17) is 4.74 Å². The van der Waals surface area contributed by atoms with Crippen LogP contribution in [0.3, 0.4) is 0 Å². The summed E-state index contributed by atoms with van der Waals surface area (Å²) in [5, 5.41) is 3.00. The third-order valence-corrected chi connectivity index (χ3v) is 1.79. The zero-order valence-electron chi connectivity index (χ0n) is 7.47. The van der Waals surface area contributed by atoms with E-state index in [-0.39, 0.29) is 18.1 Å². The summed E-state index contributed by atoms with van der Waals surface area (Å²) in [5.74, 6) is -0.172. The molecule has 0 aromatic heterocycles. The summed E-state index contributed by atoms with van der Waals surface area (Å²) >= 11 is 0. The average Bonchev–Trinajstić information content (AvgIpc) is 1.86. The molecule has 0 amide bonds. The van der Waals surface area contributed by atoms with Crippen molar-refractivity contribution < 1.29 is 9.53 Å². The third kappa shape index (κ3) is 5.16. The smallest absolute Gasteiger partial charge is 0.323 e. The van der Waals surface area contributed by atoms with Crippen molar-refractivity contribution in [2.75, 3.05) is 6.66 Å². The van der Waals surface area contributed by atoms with E-state index < -0.39 is 0 Å². The Morgan fingerprint density at radius 2 is 2.00 bits per heavy atom. The molecule has 66 valence electrons. The molecule has 0 aromatic rings. The van der Waals surface area contributed by atoms with Crippen LogP contribution in [0.2, 0.25) is 0 Å². The van der Waals surface area contributed by atoms with Crippen molar-refractivity contribution in [3.05, 3.63) is 0 Å². The fraction of sp³-hybridized carbons (Fsp3) is 0.857. The summed E-state index contributed by atoms with van der Waals surface area (Å²) < 4.78 is 4.97. The van der Waals surface area contributed by atoms with Gasteiger partial charge in [0, 0.05) is 0 Å². The minimum Gasteiger partial charge on any atom is -0.462 e. The molecule has 1 N–H and O–H groups in total. The molecule has 0 aliphatic heterocycles. The van der Waals surface area contributed by atoms with E-state index in [0.717, 1.165) is 0 Å². The van der Waals surface area contributed by atoms with Gasteiger partial charge in [-0.05, 0) is 27.4 Å². The normalized spacial score (nSPS) is 14.3. The second-order valence-corrected chi connectivity index (χ2v) is 3.39. The maximum absolute atomic E-state index is 11.1. The lowest BCUT2D eigenvalue weighted by molar-refractivity contribution is -0.148. The zero-order chi connectivity index (χ0) is 8.85. The van der Waals surface area contributed by atoms with Crippen molar-refractivity contribution >= 4 is 14.7 Å². The highest BCUT2D eigenvalue weighted by molar-refractivity contribution is 7.34. The van der Waals surface area contributed by atoms with Gasteiger partial charge in [0.2, 0.25) is 0 Å². The number of carbonyl (C=O) groups excluding carboxylic acids is 1. The lowest BCUT2D eigenvalue weighted by Crippen LogP contribution is -2.31. The molecule has 0 rings (SSSR count). The first-order valence-electron chi connectivity index (χ1n) is 3.70. The van der Waals surface area contributed by atoms with Crippen LogP contribution in [-0.2, 0) is 9.53 Å². The third-order valence-electron chi connectivity index (χ3n) is 1.07. The van der Waals surface area contributed by atoms with E-state index in [9.17, 15) is 4.79 Å². The standard InChI is InChI=1S/C7H16NO2P/c1-5(2)10-7(9)6(3)8-11-4/h5-6,8,11H,1-4H3. The SMILES string of the molecule is CPNC(C)C(=O)OC(C)C. The van der Waals surface area contributed by atoms with E-state index in [1.807, 2.05) is 20.5 Å². The Labute approximate surface area is 69.7 Å². The first-order chi connectivity index (χ1) is 5.07. The van der Waals surface area contributed by atoms with E-state index >= 15 is 0 Å². The van der Waals surface area contributed by atoms with Crippen molar-refractivity contribution in [3.63, 3.8) is 0 Å². The number of hydrogen-bond donors (Lipinski definition) is 1. The van der Waals surface area contributed by atoms with Crippen LogP contribution in [0, 0.1) is 0 Å². The molecule has 0 radical (unpaired) electrons. The molecule has 0 bridgehead atoms.